The van der Waals surface area contributed by atoms with Gasteiger partial charge < -0.3 is 20.7 Å². The van der Waals surface area contributed by atoms with E-state index >= 15 is 0 Å². The van der Waals surface area contributed by atoms with Crippen LogP contribution in [0.3, 0.4) is 0 Å². The number of nitrogens with one attached hydrogen (secondary N) is 1. The zero-order valence-electron chi connectivity index (χ0n) is 17.1. The van der Waals surface area contributed by atoms with Gasteiger partial charge in [0.25, 0.3) is 0 Å². The van der Waals surface area contributed by atoms with Crippen molar-refractivity contribution < 1.29 is 19.1 Å². The summed E-state index contributed by atoms with van der Waals surface area (Å²) in [5.41, 5.74) is 4.85. The first-order valence-electron chi connectivity index (χ1n) is 9.77. The van der Waals surface area contributed by atoms with Gasteiger partial charge in [-0.3, -0.25) is 9.59 Å². The van der Waals surface area contributed by atoms with Crippen molar-refractivity contribution in [3.63, 3.8) is 0 Å². The summed E-state index contributed by atoms with van der Waals surface area (Å²) in [7, 11) is 0. The standard InChI is InChI=1S/C20H35N3O4/c1-6-7-8-9-10-11-15(22-19(26)27-20(3,4)5)18(25)23-13-12-14(2)16(23)17(21)24/h6,14-16H,1,7-13H2,2-5H3,(H2,21,24)(H,22,26)/t14?,15-,16?/m0/s1. The number of carbonyl (C=O) groups is 3. The number of unbranched alkanes of at least 4 members (excludes halogenated alkanes) is 3. The number of primary amides is 1. The summed E-state index contributed by atoms with van der Waals surface area (Å²) in [5.74, 6) is -0.755. The minimum Gasteiger partial charge on any atom is -0.444 e. The normalized spacial score (nSPS) is 20.8. The van der Waals surface area contributed by atoms with Gasteiger partial charge in [-0.15, -0.1) is 6.58 Å². The maximum absolute atomic E-state index is 13.1. The topological polar surface area (TPSA) is 102 Å². The number of nitrogens with zero attached hydrogens (tertiary/aromatic N) is 1. The van der Waals surface area contributed by atoms with Crippen LogP contribution >= 0.6 is 0 Å². The fraction of sp³-hybridized carbons (Fsp3) is 0.750. The molecule has 1 rings (SSSR count). The van der Waals surface area contributed by atoms with Crippen LogP contribution in [-0.4, -0.2) is 47.0 Å². The lowest BCUT2D eigenvalue weighted by Crippen LogP contribution is -2.54. The molecule has 0 aliphatic carbocycles. The summed E-state index contributed by atoms with van der Waals surface area (Å²) in [5, 5.41) is 2.69. The largest absolute Gasteiger partial charge is 0.444 e. The van der Waals surface area contributed by atoms with Crippen molar-refractivity contribution in [3.05, 3.63) is 12.7 Å². The van der Waals surface area contributed by atoms with Crippen LogP contribution in [0.25, 0.3) is 0 Å². The molecule has 0 aromatic rings. The van der Waals surface area contributed by atoms with Crippen molar-refractivity contribution in [2.45, 2.75) is 83.9 Å². The SMILES string of the molecule is C=CCCCCC[C@H](NC(=O)OC(C)(C)C)C(=O)N1CCC(C)C1C(N)=O. The Labute approximate surface area is 162 Å². The van der Waals surface area contributed by atoms with Crippen molar-refractivity contribution >= 4 is 17.9 Å². The maximum atomic E-state index is 13.1. The number of allylic oxidation sites excluding steroid dienone is 1. The van der Waals surface area contributed by atoms with Gasteiger partial charge in [0, 0.05) is 6.54 Å². The molecule has 1 heterocycles. The number of amides is 3. The minimum absolute atomic E-state index is 0.0150. The molecule has 154 valence electrons. The third-order valence-corrected chi connectivity index (χ3v) is 4.66. The Morgan fingerprint density at radius 3 is 2.52 bits per heavy atom. The van der Waals surface area contributed by atoms with Crippen LogP contribution < -0.4 is 11.1 Å². The van der Waals surface area contributed by atoms with E-state index in [1.165, 1.54) is 4.90 Å². The second-order valence-corrected chi connectivity index (χ2v) is 8.27. The van der Waals surface area contributed by atoms with E-state index in [-0.39, 0.29) is 11.8 Å². The highest BCUT2D eigenvalue weighted by Crippen LogP contribution is 2.25. The van der Waals surface area contributed by atoms with Crippen molar-refractivity contribution in [1.29, 1.82) is 0 Å². The third kappa shape index (κ3) is 7.61. The number of hydrogen-bond donors (Lipinski definition) is 2. The molecule has 0 aromatic heterocycles. The highest BCUT2D eigenvalue weighted by atomic mass is 16.6. The van der Waals surface area contributed by atoms with Crippen molar-refractivity contribution in [2.75, 3.05) is 6.54 Å². The molecule has 1 aliphatic heterocycles. The van der Waals surface area contributed by atoms with E-state index < -0.39 is 29.7 Å². The van der Waals surface area contributed by atoms with Gasteiger partial charge in [0.15, 0.2) is 0 Å². The number of nitrogens with two attached hydrogens (primary N) is 1. The summed E-state index contributed by atoms with van der Waals surface area (Å²) in [6, 6.07) is -1.35. The lowest BCUT2D eigenvalue weighted by molar-refractivity contribution is -0.139. The molecule has 0 spiro atoms. The lowest BCUT2D eigenvalue weighted by atomic mass is 10.0. The van der Waals surface area contributed by atoms with Crippen LogP contribution in [-0.2, 0) is 14.3 Å². The monoisotopic (exact) mass is 381 g/mol. The molecule has 1 aliphatic rings. The van der Waals surface area contributed by atoms with Crippen molar-refractivity contribution in [3.8, 4) is 0 Å². The van der Waals surface area contributed by atoms with Crippen molar-refractivity contribution in [2.24, 2.45) is 11.7 Å². The Bertz CT molecular complexity index is 542. The Kier molecular flexibility index (Phi) is 8.79. The number of alkyl carbamates (subject to hydrolysis) is 1. The van der Waals surface area contributed by atoms with Crippen LogP contribution in [0.2, 0.25) is 0 Å². The Hall–Kier alpha value is -2.05. The molecule has 7 heteroatoms. The predicted molar refractivity (Wildman–Crippen MR) is 105 cm³/mol. The van der Waals surface area contributed by atoms with Crippen molar-refractivity contribution in [1.82, 2.24) is 10.2 Å². The van der Waals surface area contributed by atoms with E-state index in [4.69, 9.17) is 10.5 Å². The summed E-state index contributed by atoms with van der Waals surface area (Å²) in [4.78, 5) is 38.6. The van der Waals surface area contributed by atoms with E-state index in [9.17, 15) is 14.4 Å². The number of carbonyl (C=O) groups excluding carboxylic acids is 3. The molecular weight excluding hydrogens is 346 g/mol. The Morgan fingerprint density at radius 1 is 1.30 bits per heavy atom. The number of ether oxygens (including phenoxy) is 1. The van der Waals surface area contributed by atoms with Gasteiger partial charge in [0.05, 0.1) is 0 Å². The highest BCUT2D eigenvalue weighted by molar-refractivity contribution is 5.91. The number of likely N-dealkylation sites (tertiary alicyclic amines) is 1. The predicted octanol–water partition coefficient (Wildman–Crippen LogP) is 2.74. The van der Waals surface area contributed by atoms with Gasteiger partial charge in [-0.2, -0.15) is 0 Å². The molecule has 0 bridgehead atoms. The second kappa shape index (κ2) is 10.3. The molecule has 3 amide bonds. The fourth-order valence-corrected chi connectivity index (χ4v) is 3.35. The molecular formula is C20H35N3O4. The first-order valence-corrected chi connectivity index (χ1v) is 9.77. The van der Waals surface area contributed by atoms with Crippen LogP contribution in [0.5, 0.6) is 0 Å². The summed E-state index contributed by atoms with van der Waals surface area (Å²) < 4.78 is 5.30. The number of rotatable bonds is 9. The number of hydrogen-bond acceptors (Lipinski definition) is 4. The van der Waals surface area contributed by atoms with Gasteiger partial charge in [-0.05, 0) is 52.4 Å². The molecule has 1 fully saturated rings. The maximum Gasteiger partial charge on any atom is 0.408 e. The van der Waals surface area contributed by atoms with E-state index in [1.54, 1.807) is 20.8 Å². The molecule has 2 unspecified atom stereocenters. The summed E-state index contributed by atoms with van der Waals surface area (Å²) in [6.45, 7) is 11.4. The summed E-state index contributed by atoms with van der Waals surface area (Å²) in [6.07, 6.45) is 6.07. The van der Waals surface area contributed by atoms with Gasteiger partial charge >= 0.3 is 6.09 Å². The van der Waals surface area contributed by atoms with E-state index in [0.29, 0.717) is 13.0 Å². The van der Waals surface area contributed by atoms with Gasteiger partial charge in [0.1, 0.15) is 17.7 Å². The summed E-state index contributed by atoms with van der Waals surface area (Å²) >= 11 is 0. The van der Waals surface area contributed by atoms with Crippen LogP contribution in [0.1, 0.15) is 66.2 Å². The molecule has 3 N–H and O–H groups in total. The van der Waals surface area contributed by atoms with Crippen LogP contribution in [0.15, 0.2) is 12.7 Å². The Morgan fingerprint density at radius 2 is 1.96 bits per heavy atom. The zero-order valence-corrected chi connectivity index (χ0v) is 17.1. The fourth-order valence-electron chi connectivity index (χ4n) is 3.35. The molecule has 7 nitrogen and oxygen atoms in total. The first kappa shape index (κ1) is 23.0. The zero-order chi connectivity index (χ0) is 20.6. The quantitative estimate of drug-likeness (QED) is 0.473. The lowest BCUT2D eigenvalue weighted by Gasteiger charge is -2.29. The first-order chi connectivity index (χ1) is 12.6. The molecule has 27 heavy (non-hydrogen) atoms. The molecule has 0 aromatic carbocycles. The smallest absolute Gasteiger partial charge is 0.408 e. The molecule has 3 atom stereocenters. The van der Waals surface area contributed by atoms with E-state index in [0.717, 1.165) is 32.1 Å². The van der Waals surface area contributed by atoms with Crippen LogP contribution in [0, 0.1) is 5.92 Å². The molecule has 1 saturated heterocycles. The average Bonchev–Trinajstić information content (AvgIpc) is 2.93. The Balaban J connectivity index is 2.81. The van der Waals surface area contributed by atoms with Gasteiger partial charge in [-0.25, -0.2) is 4.79 Å². The molecule has 0 radical (unpaired) electrons. The van der Waals surface area contributed by atoms with E-state index in [2.05, 4.69) is 11.9 Å². The van der Waals surface area contributed by atoms with Gasteiger partial charge in [0.2, 0.25) is 11.8 Å². The average molecular weight is 382 g/mol. The second-order valence-electron chi connectivity index (χ2n) is 8.27. The van der Waals surface area contributed by atoms with E-state index in [1.807, 2.05) is 13.0 Å². The van der Waals surface area contributed by atoms with Gasteiger partial charge in [-0.1, -0.05) is 25.8 Å². The highest BCUT2D eigenvalue weighted by Gasteiger charge is 2.41. The molecule has 0 saturated carbocycles. The third-order valence-electron chi connectivity index (χ3n) is 4.66. The minimum atomic E-state index is -0.726. The van der Waals surface area contributed by atoms with Crippen LogP contribution in [0.4, 0.5) is 4.79 Å².